The Balaban J connectivity index is 1.52. The van der Waals surface area contributed by atoms with Gasteiger partial charge in [-0.3, -0.25) is 9.59 Å². The van der Waals surface area contributed by atoms with Crippen LogP contribution < -0.4 is 5.56 Å². The van der Waals surface area contributed by atoms with Gasteiger partial charge < -0.3 is 9.88 Å². The molecule has 0 spiro atoms. The number of rotatable bonds is 3. The van der Waals surface area contributed by atoms with Crippen molar-refractivity contribution in [2.24, 2.45) is 0 Å². The van der Waals surface area contributed by atoms with Gasteiger partial charge in [-0.25, -0.2) is 9.97 Å². The number of aromatic nitrogens is 3. The van der Waals surface area contributed by atoms with Crippen LogP contribution in [0.3, 0.4) is 0 Å². The minimum Gasteiger partial charge on any atom is -0.334 e. The molecule has 2 aromatic heterocycles. The Morgan fingerprint density at radius 3 is 2.70 bits per heavy atom. The second-order valence-electron chi connectivity index (χ2n) is 6.32. The van der Waals surface area contributed by atoms with E-state index in [9.17, 15) is 9.59 Å². The molecule has 1 aliphatic rings. The van der Waals surface area contributed by atoms with Crippen molar-refractivity contribution in [2.45, 2.75) is 13.3 Å². The van der Waals surface area contributed by atoms with Gasteiger partial charge in [-0.1, -0.05) is 36.4 Å². The van der Waals surface area contributed by atoms with E-state index in [2.05, 4.69) is 27.1 Å². The maximum absolute atomic E-state index is 12.7. The minimum atomic E-state index is -0.437. The molecule has 136 valence electrons. The number of thiazole rings is 1. The fraction of sp³-hybridized carbons (Fsp3) is 0.200. The molecule has 0 saturated carbocycles. The lowest BCUT2D eigenvalue weighted by Gasteiger charge is -2.26. The largest absolute Gasteiger partial charge is 0.334 e. The van der Waals surface area contributed by atoms with Gasteiger partial charge in [0.2, 0.25) is 0 Å². The number of aromatic amines is 1. The van der Waals surface area contributed by atoms with E-state index in [1.54, 1.807) is 4.90 Å². The van der Waals surface area contributed by atoms with Gasteiger partial charge in [0.05, 0.1) is 5.01 Å². The summed E-state index contributed by atoms with van der Waals surface area (Å²) in [4.78, 5) is 38.0. The summed E-state index contributed by atoms with van der Waals surface area (Å²) >= 11 is 1.48. The Morgan fingerprint density at radius 1 is 1.26 bits per heavy atom. The molecule has 1 aliphatic heterocycles. The van der Waals surface area contributed by atoms with Crippen molar-refractivity contribution in [1.82, 2.24) is 19.9 Å². The van der Waals surface area contributed by atoms with Gasteiger partial charge in [0.1, 0.15) is 11.3 Å². The predicted molar refractivity (Wildman–Crippen MR) is 106 cm³/mol. The Hall–Kier alpha value is -3.06. The number of aryl methyl sites for hydroxylation is 1. The van der Waals surface area contributed by atoms with Crippen LogP contribution in [0.4, 0.5) is 0 Å². The highest BCUT2D eigenvalue weighted by molar-refractivity contribution is 7.09. The van der Waals surface area contributed by atoms with Crippen LogP contribution in [0, 0.1) is 6.92 Å². The first-order chi connectivity index (χ1) is 13.1. The standard InChI is InChI=1S/C20H18N4O2S/c1-13-22-17(12-27-13)18-21-11-16(19(25)23-18)20(26)24-9-7-15(8-10-24)14-5-3-2-4-6-14/h2-7,11-12H,8-10H2,1H3,(H,21,23,25). The molecule has 3 heterocycles. The smallest absolute Gasteiger partial charge is 0.264 e. The van der Waals surface area contributed by atoms with Gasteiger partial charge in [0, 0.05) is 24.7 Å². The number of nitrogens with zero attached hydrogens (tertiary/aromatic N) is 3. The van der Waals surface area contributed by atoms with Crippen LogP contribution >= 0.6 is 11.3 Å². The summed E-state index contributed by atoms with van der Waals surface area (Å²) in [5, 5.41) is 2.72. The Morgan fingerprint density at radius 2 is 2.07 bits per heavy atom. The number of nitrogens with one attached hydrogen (secondary N) is 1. The van der Waals surface area contributed by atoms with Crippen LogP contribution in [0.5, 0.6) is 0 Å². The molecular formula is C20H18N4O2S. The van der Waals surface area contributed by atoms with Gasteiger partial charge in [0.25, 0.3) is 11.5 Å². The Bertz CT molecular complexity index is 1070. The van der Waals surface area contributed by atoms with Gasteiger partial charge in [-0.15, -0.1) is 11.3 Å². The molecule has 0 aliphatic carbocycles. The third-order valence-corrected chi connectivity index (χ3v) is 5.31. The van der Waals surface area contributed by atoms with Gasteiger partial charge in [-0.2, -0.15) is 0 Å². The molecule has 0 fully saturated rings. The topological polar surface area (TPSA) is 79.0 Å². The number of carbonyl (C=O) groups excluding carboxylic acids is 1. The maximum Gasteiger partial charge on any atom is 0.264 e. The molecule has 1 aromatic carbocycles. The third kappa shape index (κ3) is 3.59. The lowest BCUT2D eigenvalue weighted by atomic mass is 9.99. The fourth-order valence-corrected chi connectivity index (χ4v) is 3.69. The molecule has 3 aromatic rings. The highest BCUT2D eigenvalue weighted by Crippen LogP contribution is 2.22. The molecule has 0 unspecified atom stereocenters. The van der Waals surface area contributed by atoms with Crippen LogP contribution in [-0.2, 0) is 0 Å². The van der Waals surface area contributed by atoms with E-state index < -0.39 is 5.56 Å². The second-order valence-corrected chi connectivity index (χ2v) is 7.39. The molecule has 6 nitrogen and oxygen atoms in total. The van der Waals surface area contributed by atoms with Crippen molar-refractivity contribution in [2.75, 3.05) is 13.1 Å². The van der Waals surface area contributed by atoms with Crippen molar-refractivity contribution in [1.29, 1.82) is 0 Å². The number of benzene rings is 1. The lowest BCUT2D eigenvalue weighted by Crippen LogP contribution is -2.37. The summed E-state index contributed by atoms with van der Waals surface area (Å²) in [6.07, 6.45) is 4.16. The van der Waals surface area contributed by atoms with E-state index in [1.165, 1.54) is 28.7 Å². The van der Waals surface area contributed by atoms with Crippen LogP contribution in [0.1, 0.15) is 27.3 Å². The van der Waals surface area contributed by atoms with Crippen molar-refractivity contribution >= 4 is 22.8 Å². The molecule has 0 atom stereocenters. The first kappa shape index (κ1) is 17.4. The van der Waals surface area contributed by atoms with Crippen LogP contribution in [-0.4, -0.2) is 38.8 Å². The van der Waals surface area contributed by atoms with E-state index in [4.69, 9.17) is 0 Å². The quantitative estimate of drug-likeness (QED) is 0.759. The summed E-state index contributed by atoms with van der Waals surface area (Å²) < 4.78 is 0. The average molecular weight is 378 g/mol. The number of amides is 1. The van der Waals surface area contributed by atoms with Crippen LogP contribution in [0.2, 0.25) is 0 Å². The molecule has 0 saturated heterocycles. The normalized spacial score (nSPS) is 14.1. The molecule has 4 rings (SSSR count). The van der Waals surface area contributed by atoms with E-state index >= 15 is 0 Å². The van der Waals surface area contributed by atoms with Crippen LogP contribution in [0.15, 0.2) is 52.8 Å². The molecular weight excluding hydrogens is 360 g/mol. The number of hydrogen-bond donors (Lipinski definition) is 1. The molecule has 0 bridgehead atoms. The molecule has 0 radical (unpaired) electrons. The number of H-pyrrole nitrogens is 1. The van der Waals surface area contributed by atoms with Crippen molar-refractivity contribution < 1.29 is 4.79 Å². The summed E-state index contributed by atoms with van der Waals surface area (Å²) in [5.74, 6) is 0.0823. The van der Waals surface area contributed by atoms with E-state index in [0.29, 0.717) is 24.6 Å². The predicted octanol–water partition coefficient (Wildman–Crippen LogP) is 3.13. The van der Waals surface area contributed by atoms with Crippen LogP contribution in [0.25, 0.3) is 17.1 Å². The maximum atomic E-state index is 12.7. The number of hydrogen-bond acceptors (Lipinski definition) is 5. The monoisotopic (exact) mass is 378 g/mol. The molecule has 27 heavy (non-hydrogen) atoms. The number of carbonyl (C=O) groups is 1. The van der Waals surface area contributed by atoms with E-state index in [0.717, 1.165) is 11.4 Å². The summed E-state index contributed by atoms with van der Waals surface area (Å²) in [6, 6.07) is 10.1. The van der Waals surface area contributed by atoms with Gasteiger partial charge in [-0.05, 0) is 24.5 Å². The highest BCUT2D eigenvalue weighted by atomic mass is 32.1. The van der Waals surface area contributed by atoms with Gasteiger partial charge >= 0.3 is 0 Å². The SMILES string of the molecule is Cc1nc(-c2ncc(C(=O)N3CC=C(c4ccccc4)CC3)c(=O)[nH]2)cs1. The second kappa shape index (κ2) is 7.28. The lowest BCUT2D eigenvalue weighted by molar-refractivity contribution is 0.0770. The third-order valence-electron chi connectivity index (χ3n) is 4.53. The zero-order valence-electron chi connectivity index (χ0n) is 14.8. The Labute approximate surface area is 160 Å². The summed E-state index contributed by atoms with van der Waals surface area (Å²) in [5.41, 5.74) is 2.63. The zero-order valence-corrected chi connectivity index (χ0v) is 15.6. The first-order valence-corrected chi connectivity index (χ1v) is 9.55. The highest BCUT2D eigenvalue weighted by Gasteiger charge is 2.22. The van der Waals surface area contributed by atoms with Crippen molar-refractivity contribution in [3.05, 3.63) is 74.5 Å². The fourth-order valence-electron chi connectivity index (χ4n) is 3.09. The first-order valence-electron chi connectivity index (χ1n) is 8.67. The average Bonchev–Trinajstić information content (AvgIpc) is 3.14. The summed E-state index contributed by atoms with van der Waals surface area (Å²) in [7, 11) is 0. The van der Waals surface area contributed by atoms with Crippen molar-refractivity contribution in [3.8, 4) is 11.5 Å². The van der Waals surface area contributed by atoms with E-state index in [1.807, 2.05) is 36.6 Å². The molecule has 1 amide bonds. The zero-order chi connectivity index (χ0) is 18.8. The minimum absolute atomic E-state index is 0.0577. The van der Waals surface area contributed by atoms with E-state index in [-0.39, 0.29) is 11.5 Å². The Kier molecular flexibility index (Phi) is 4.68. The van der Waals surface area contributed by atoms with Crippen molar-refractivity contribution in [3.63, 3.8) is 0 Å². The van der Waals surface area contributed by atoms with Gasteiger partial charge in [0.15, 0.2) is 5.82 Å². The molecule has 7 heteroatoms. The summed E-state index contributed by atoms with van der Waals surface area (Å²) in [6.45, 7) is 2.94. The molecule has 1 N–H and O–H groups in total.